The number of carboxylic acids is 1. The zero-order valence-corrected chi connectivity index (χ0v) is 12.6. The molecule has 0 fully saturated rings. The molecule has 0 saturated carbocycles. The van der Waals surface area contributed by atoms with Crippen LogP contribution in [0.15, 0.2) is 0 Å². The molecule has 0 aromatic carbocycles. The van der Waals surface area contributed by atoms with Crippen molar-refractivity contribution in [2.75, 3.05) is 11.9 Å². The van der Waals surface area contributed by atoms with Gasteiger partial charge in [-0.05, 0) is 12.8 Å². The summed E-state index contributed by atoms with van der Waals surface area (Å²) < 4.78 is 1.49. The smallest absolute Gasteiger partial charge is 0.334 e. The Labute approximate surface area is 123 Å². The lowest BCUT2D eigenvalue weighted by Gasteiger charge is -2.05. The van der Waals surface area contributed by atoms with E-state index >= 15 is 0 Å². The number of nitrogens with one attached hydrogen (secondary N) is 1. The van der Waals surface area contributed by atoms with E-state index < -0.39 is 10.9 Å². The Morgan fingerprint density at radius 3 is 2.62 bits per heavy atom. The molecule has 8 heteroatoms. The van der Waals surface area contributed by atoms with Gasteiger partial charge < -0.3 is 10.4 Å². The molecule has 0 bridgehead atoms. The van der Waals surface area contributed by atoms with Gasteiger partial charge in [-0.15, -0.1) is 0 Å². The number of carbonyl (C=O) groups is 1. The van der Waals surface area contributed by atoms with Crippen LogP contribution in [0.3, 0.4) is 0 Å². The van der Waals surface area contributed by atoms with Crippen LogP contribution in [0.4, 0.5) is 11.5 Å². The maximum absolute atomic E-state index is 11.2. The van der Waals surface area contributed by atoms with Crippen molar-refractivity contribution in [3.8, 4) is 0 Å². The van der Waals surface area contributed by atoms with Gasteiger partial charge in [0.25, 0.3) is 0 Å². The van der Waals surface area contributed by atoms with Crippen LogP contribution >= 0.6 is 0 Å². The summed E-state index contributed by atoms with van der Waals surface area (Å²) in [5.74, 6) is -0.420. The van der Waals surface area contributed by atoms with E-state index in [2.05, 4.69) is 10.4 Å². The lowest BCUT2D eigenvalue weighted by molar-refractivity contribution is -0.384. The quantitative estimate of drug-likeness (QED) is 0.412. The minimum absolute atomic E-state index is 0.0253. The molecule has 0 amide bonds. The number of aliphatic carboxylic acids is 1. The molecule has 0 aliphatic rings. The monoisotopic (exact) mass is 298 g/mol. The van der Waals surface area contributed by atoms with Crippen molar-refractivity contribution in [2.45, 2.75) is 45.4 Å². The van der Waals surface area contributed by atoms with Gasteiger partial charge in [0, 0.05) is 25.9 Å². The summed E-state index contributed by atoms with van der Waals surface area (Å²) in [6.45, 7) is 4.29. The predicted molar refractivity (Wildman–Crippen MR) is 78.5 cm³/mol. The molecule has 0 aliphatic heterocycles. The number of nitro groups is 1. The molecule has 21 heavy (non-hydrogen) atoms. The van der Waals surface area contributed by atoms with Gasteiger partial charge in [0.2, 0.25) is 5.82 Å². The summed E-state index contributed by atoms with van der Waals surface area (Å²) in [7, 11) is 1.67. The first-order valence-corrected chi connectivity index (χ1v) is 7.01. The SMILES string of the molecule is CC(C)c1nn(C)c(NCCCCCC(=O)O)c1[N+](=O)[O-]. The van der Waals surface area contributed by atoms with Crippen LogP contribution in [0, 0.1) is 10.1 Å². The normalized spacial score (nSPS) is 10.9. The molecule has 0 aliphatic carbocycles. The molecule has 1 aromatic heterocycles. The van der Waals surface area contributed by atoms with Crippen LogP contribution in [0.1, 0.15) is 51.1 Å². The molecular weight excluding hydrogens is 276 g/mol. The Bertz CT molecular complexity index is 511. The second-order valence-corrected chi connectivity index (χ2v) is 5.25. The highest BCUT2D eigenvalue weighted by Crippen LogP contribution is 2.32. The highest BCUT2D eigenvalue weighted by Gasteiger charge is 2.28. The number of hydrogen-bond donors (Lipinski definition) is 2. The highest BCUT2D eigenvalue weighted by molar-refractivity contribution is 5.66. The number of aryl methyl sites for hydroxylation is 1. The van der Waals surface area contributed by atoms with Gasteiger partial charge in [0.1, 0.15) is 5.69 Å². The van der Waals surface area contributed by atoms with Crippen LogP contribution in [0.2, 0.25) is 0 Å². The summed E-state index contributed by atoms with van der Waals surface area (Å²) in [5, 5.41) is 27.0. The fourth-order valence-corrected chi connectivity index (χ4v) is 2.09. The molecule has 0 spiro atoms. The van der Waals surface area contributed by atoms with Gasteiger partial charge in [-0.25, -0.2) is 4.68 Å². The first kappa shape index (κ1) is 16.9. The molecule has 0 saturated heterocycles. The largest absolute Gasteiger partial charge is 0.481 e. The Morgan fingerprint density at radius 1 is 1.43 bits per heavy atom. The summed E-state index contributed by atoms with van der Waals surface area (Å²) in [6.07, 6.45) is 2.29. The third-order valence-electron chi connectivity index (χ3n) is 3.14. The van der Waals surface area contributed by atoms with Crippen LogP contribution in [-0.2, 0) is 11.8 Å². The third-order valence-corrected chi connectivity index (χ3v) is 3.14. The number of nitrogens with zero attached hydrogens (tertiary/aromatic N) is 3. The fourth-order valence-electron chi connectivity index (χ4n) is 2.09. The Kier molecular flexibility index (Phi) is 6.13. The van der Waals surface area contributed by atoms with Crippen LogP contribution in [-0.4, -0.2) is 32.3 Å². The number of rotatable bonds is 9. The zero-order chi connectivity index (χ0) is 16.0. The fraction of sp³-hybridized carbons (Fsp3) is 0.692. The van der Waals surface area contributed by atoms with Gasteiger partial charge in [0.05, 0.1) is 4.92 Å². The van der Waals surface area contributed by atoms with Crippen LogP contribution in [0.5, 0.6) is 0 Å². The lowest BCUT2D eigenvalue weighted by Crippen LogP contribution is -2.08. The maximum atomic E-state index is 11.2. The van der Waals surface area contributed by atoms with E-state index in [0.717, 1.165) is 12.8 Å². The van der Waals surface area contributed by atoms with Gasteiger partial charge >= 0.3 is 11.7 Å². The van der Waals surface area contributed by atoms with E-state index in [1.165, 1.54) is 4.68 Å². The molecule has 118 valence electrons. The molecule has 0 unspecified atom stereocenters. The van der Waals surface area contributed by atoms with Crippen molar-refractivity contribution >= 4 is 17.5 Å². The minimum Gasteiger partial charge on any atom is -0.481 e. The van der Waals surface area contributed by atoms with Gasteiger partial charge in [0.15, 0.2) is 0 Å². The highest BCUT2D eigenvalue weighted by atomic mass is 16.6. The molecule has 0 atom stereocenters. The second-order valence-electron chi connectivity index (χ2n) is 5.25. The Balaban J connectivity index is 2.62. The van der Waals surface area contributed by atoms with E-state index in [1.54, 1.807) is 7.05 Å². The van der Waals surface area contributed by atoms with E-state index in [-0.39, 0.29) is 18.0 Å². The third kappa shape index (κ3) is 4.73. The first-order valence-electron chi connectivity index (χ1n) is 7.01. The molecule has 2 N–H and O–H groups in total. The van der Waals surface area contributed by atoms with E-state index in [1.807, 2.05) is 13.8 Å². The standard InChI is InChI=1S/C13H22N4O4/c1-9(2)11-12(17(20)21)13(16(3)15-11)14-8-6-4-5-7-10(18)19/h9,14H,4-8H2,1-3H3,(H,18,19). The molecule has 1 heterocycles. The summed E-state index contributed by atoms with van der Waals surface area (Å²) >= 11 is 0. The van der Waals surface area contributed by atoms with Gasteiger partial charge in [-0.3, -0.25) is 14.9 Å². The lowest BCUT2D eigenvalue weighted by atomic mass is 10.1. The number of unbranched alkanes of at least 4 members (excludes halogenated alkanes) is 2. The minimum atomic E-state index is -0.799. The van der Waals surface area contributed by atoms with E-state index in [9.17, 15) is 14.9 Å². The van der Waals surface area contributed by atoms with Crippen molar-refractivity contribution in [3.05, 3.63) is 15.8 Å². The molecule has 1 rings (SSSR count). The van der Waals surface area contributed by atoms with Gasteiger partial charge in [-0.2, -0.15) is 5.10 Å². The number of carboxylic acid groups (broad SMARTS) is 1. The molecular formula is C13H22N4O4. The molecule has 8 nitrogen and oxygen atoms in total. The summed E-state index contributed by atoms with van der Waals surface area (Å²) in [6, 6.07) is 0. The van der Waals surface area contributed by atoms with Crippen molar-refractivity contribution < 1.29 is 14.8 Å². The average molecular weight is 298 g/mol. The zero-order valence-electron chi connectivity index (χ0n) is 12.6. The van der Waals surface area contributed by atoms with Crippen LogP contribution in [0.25, 0.3) is 0 Å². The average Bonchev–Trinajstić information content (AvgIpc) is 2.71. The first-order chi connectivity index (χ1) is 9.84. The number of aromatic nitrogens is 2. The van der Waals surface area contributed by atoms with E-state index in [0.29, 0.717) is 24.5 Å². The van der Waals surface area contributed by atoms with Gasteiger partial charge in [-0.1, -0.05) is 20.3 Å². The predicted octanol–water partition coefficient (Wildman–Crippen LogP) is 2.51. The topological polar surface area (TPSA) is 110 Å². The second kappa shape index (κ2) is 7.61. The van der Waals surface area contributed by atoms with E-state index in [4.69, 9.17) is 5.11 Å². The summed E-state index contributed by atoms with van der Waals surface area (Å²) in [5.41, 5.74) is 0.494. The van der Waals surface area contributed by atoms with Crippen LogP contribution < -0.4 is 5.32 Å². The van der Waals surface area contributed by atoms with Crippen molar-refractivity contribution in [3.63, 3.8) is 0 Å². The number of anilines is 1. The summed E-state index contributed by atoms with van der Waals surface area (Å²) in [4.78, 5) is 21.2. The van der Waals surface area contributed by atoms with Crippen molar-refractivity contribution in [1.82, 2.24) is 9.78 Å². The Hall–Kier alpha value is -2.12. The molecule has 0 radical (unpaired) electrons. The van der Waals surface area contributed by atoms with Crippen molar-refractivity contribution in [2.24, 2.45) is 7.05 Å². The number of hydrogen-bond acceptors (Lipinski definition) is 5. The molecule has 1 aromatic rings. The maximum Gasteiger partial charge on any atom is 0.334 e. The Morgan fingerprint density at radius 2 is 2.10 bits per heavy atom. The van der Waals surface area contributed by atoms with Crippen molar-refractivity contribution in [1.29, 1.82) is 0 Å².